The zero-order valence-corrected chi connectivity index (χ0v) is 19.8. The highest BCUT2D eigenvalue weighted by Crippen LogP contribution is 2.37. The molecule has 3 aromatic rings. The first kappa shape index (κ1) is 22.4. The van der Waals surface area contributed by atoms with E-state index in [2.05, 4.69) is 7.05 Å². The van der Waals surface area contributed by atoms with Gasteiger partial charge in [-0.25, -0.2) is 4.79 Å². The molecule has 0 saturated carbocycles. The topological polar surface area (TPSA) is 63.6 Å². The third-order valence-corrected chi connectivity index (χ3v) is 8.73. The Labute approximate surface area is 194 Å². The Morgan fingerprint density at radius 1 is 1.10 bits per heavy atom. The Kier molecular flexibility index (Phi) is 6.74. The lowest BCUT2D eigenvalue weighted by Gasteiger charge is -2.30. The van der Waals surface area contributed by atoms with Gasteiger partial charge in [0.05, 0.1) is 34.8 Å². The summed E-state index contributed by atoms with van der Waals surface area (Å²) in [5.74, 6) is -0.413. The number of carbonyl (C=O) groups is 2. The molecule has 31 heavy (non-hydrogen) atoms. The van der Waals surface area contributed by atoms with E-state index in [1.165, 1.54) is 34.0 Å². The van der Waals surface area contributed by atoms with Gasteiger partial charge in [0.25, 0.3) is 0 Å². The number of hydrogen-bond donors (Lipinski definition) is 1. The molecule has 4 heterocycles. The van der Waals surface area contributed by atoms with Gasteiger partial charge in [0.1, 0.15) is 6.54 Å². The molecule has 0 aliphatic carbocycles. The van der Waals surface area contributed by atoms with Crippen LogP contribution in [0.5, 0.6) is 0 Å². The normalized spacial score (nSPS) is 21.3. The molecule has 0 radical (unpaired) electrons. The minimum absolute atomic E-state index is 0.195. The minimum atomic E-state index is -1.76. The molecule has 1 aliphatic rings. The van der Waals surface area contributed by atoms with Crippen molar-refractivity contribution in [1.29, 1.82) is 0 Å². The van der Waals surface area contributed by atoms with Gasteiger partial charge in [-0.3, -0.25) is 4.79 Å². The van der Waals surface area contributed by atoms with Crippen LogP contribution in [0.1, 0.15) is 38.7 Å². The van der Waals surface area contributed by atoms with E-state index in [1.54, 1.807) is 12.1 Å². The summed E-state index contributed by atoms with van der Waals surface area (Å²) in [4.78, 5) is 27.4. The van der Waals surface area contributed by atoms with Crippen molar-refractivity contribution >= 4 is 45.8 Å². The van der Waals surface area contributed by atoms with Crippen molar-refractivity contribution in [2.24, 2.45) is 0 Å². The first-order valence-corrected chi connectivity index (χ1v) is 13.0. The SMILES string of the molecule is C[N+]1(CCCC(=O)c2cccs2)CC[C@@H](OC(=O)C(O)(c2cccs2)c2cccs2)C1. The molecule has 2 atom stereocenters. The zero-order valence-electron chi connectivity index (χ0n) is 17.4. The van der Waals surface area contributed by atoms with Crippen molar-refractivity contribution in [2.45, 2.75) is 31.0 Å². The van der Waals surface area contributed by atoms with Crippen LogP contribution in [0.4, 0.5) is 0 Å². The number of esters is 1. The monoisotopic (exact) mass is 476 g/mol. The molecule has 1 saturated heterocycles. The molecule has 3 aromatic heterocycles. The van der Waals surface area contributed by atoms with Crippen molar-refractivity contribution in [1.82, 2.24) is 0 Å². The van der Waals surface area contributed by atoms with Crippen molar-refractivity contribution in [3.8, 4) is 0 Å². The van der Waals surface area contributed by atoms with E-state index in [4.69, 9.17) is 4.74 Å². The molecule has 1 N–H and O–H groups in total. The molecule has 0 spiro atoms. The number of ether oxygens (including phenoxy) is 1. The number of likely N-dealkylation sites (N-methyl/N-ethyl adjacent to an activating group) is 1. The average molecular weight is 477 g/mol. The number of quaternary nitrogens is 1. The average Bonchev–Trinajstić information content (AvgIpc) is 3.56. The first-order chi connectivity index (χ1) is 14.9. The molecule has 1 aliphatic heterocycles. The third-order valence-electron chi connectivity index (χ3n) is 5.86. The van der Waals surface area contributed by atoms with Gasteiger partial charge in [0, 0.05) is 19.3 Å². The number of ketones is 1. The van der Waals surface area contributed by atoms with Crippen LogP contribution in [0.25, 0.3) is 0 Å². The fraction of sp³-hybridized carbons (Fsp3) is 0.391. The summed E-state index contributed by atoms with van der Waals surface area (Å²) < 4.78 is 6.62. The molecule has 5 nitrogen and oxygen atoms in total. The standard InChI is InChI=1S/C23H26NO4S3/c1-24(11-2-6-18(25)19-7-3-13-29-19)12-10-17(16-24)28-22(26)23(27,20-8-4-14-30-20)21-9-5-15-31-21/h3-5,7-9,13-15,17,27H,2,6,10-12,16H2,1H3/q+1/t17-,24?/m1/s1. The maximum Gasteiger partial charge on any atom is 0.349 e. The second-order valence-corrected chi connectivity index (χ2v) is 11.1. The Morgan fingerprint density at radius 3 is 2.32 bits per heavy atom. The minimum Gasteiger partial charge on any atom is -0.453 e. The molecule has 0 aromatic carbocycles. The molecular formula is C23H26NO4S3+. The van der Waals surface area contributed by atoms with Gasteiger partial charge in [-0.15, -0.1) is 34.0 Å². The zero-order chi connectivity index (χ0) is 21.9. The van der Waals surface area contributed by atoms with Crippen LogP contribution < -0.4 is 0 Å². The Bertz CT molecular complexity index is 964. The van der Waals surface area contributed by atoms with Gasteiger partial charge < -0.3 is 14.3 Å². The van der Waals surface area contributed by atoms with Gasteiger partial charge in [-0.1, -0.05) is 18.2 Å². The second-order valence-electron chi connectivity index (χ2n) is 8.23. The lowest BCUT2D eigenvalue weighted by molar-refractivity contribution is -0.899. The van der Waals surface area contributed by atoms with E-state index in [9.17, 15) is 14.7 Å². The smallest absolute Gasteiger partial charge is 0.349 e. The summed E-state index contributed by atoms with van der Waals surface area (Å²) in [7, 11) is 2.15. The van der Waals surface area contributed by atoms with Gasteiger partial charge in [-0.2, -0.15) is 0 Å². The van der Waals surface area contributed by atoms with Gasteiger partial charge in [0.15, 0.2) is 11.9 Å². The number of Topliss-reactive ketones (excluding diaryl/α,β-unsaturated/α-hetero) is 1. The lowest BCUT2D eigenvalue weighted by atomic mass is 10.00. The maximum atomic E-state index is 13.2. The van der Waals surface area contributed by atoms with Crippen LogP contribution in [-0.2, 0) is 15.1 Å². The fourth-order valence-electron chi connectivity index (χ4n) is 4.14. The van der Waals surface area contributed by atoms with Crippen molar-refractivity contribution < 1.29 is 23.9 Å². The van der Waals surface area contributed by atoms with Crippen LogP contribution >= 0.6 is 34.0 Å². The highest BCUT2D eigenvalue weighted by molar-refractivity contribution is 7.12. The van der Waals surface area contributed by atoms with Crippen LogP contribution in [0, 0.1) is 0 Å². The molecular weight excluding hydrogens is 450 g/mol. The van der Waals surface area contributed by atoms with E-state index >= 15 is 0 Å². The maximum absolute atomic E-state index is 13.2. The Morgan fingerprint density at radius 2 is 1.74 bits per heavy atom. The molecule has 4 rings (SSSR count). The van der Waals surface area contributed by atoms with E-state index < -0.39 is 11.6 Å². The summed E-state index contributed by atoms with van der Waals surface area (Å²) >= 11 is 4.18. The number of aliphatic hydroxyl groups is 1. The van der Waals surface area contributed by atoms with Gasteiger partial charge in [-0.05, 0) is 34.3 Å². The largest absolute Gasteiger partial charge is 0.453 e. The highest BCUT2D eigenvalue weighted by atomic mass is 32.1. The van der Waals surface area contributed by atoms with Crippen LogP contribution in [0.2, 0.25) is 0 Å². The molecule has 8 heteroatoms. The van der Waals surface area contributed by atoms with Crippen molar-refractivity contribution in [3.63, 3.8) is 0 Å². The summed E-state index contributed by atoms with van der Waals surface area (Å²) in [5, 5.41) is 17.0. The van der Waals surface area contributed by atoms with Crippen LogP contribution in [0.15, 0.2) is 52.5 Å². The van der Waals surface area contributed by atoms with Crippen molar-refractivity contribution in [3.05, 3.63) is 67.2 Å². The quantitative estimate of drug-likeness (QED) is 0.280. The summed E-state index contributed by atoms with van der Waals surface area (Å²) in [6.07, 6.45) is 1.86. The second kappa shape index (κ2) is 9.34. The highest BCUT2D eigenvalue weighted by Gasteiger charge is 2.46. The number of likely N-dealkylation sites (tertiary alicyclic amines) is 1. The molecule has 0 bridgehead atoms. The van der Waals surface area contributed by atoms with Crippen LogP contribution in [0.3, 0.4) is 0 Å². The molecule has 1 fully saturated rings. The van der Waals surface area contributed by atoms with E-state index in [0.717, 1.165) is 35.3 Å². The number of nitrogens with zero attached hydrogens (tertiary/aromatic N) is 1. The lowest BCUT2D eigenvalue weighted by Crippen LogP contribution is -2.45. The van der Waals surface area contributed by atoms with E-state index in [1.807, 2.05) is 40.4 Å². The Hall–Kier alpha value is -1.84. The summed E-state index contributed by atoms with van der Waals surface area (Å²) in [6, 6.07) is 11.0. The predicted molar refractivity (Wildman–Crippen MR) is 125 cm³/mol. The molecule has 1 unspecified atom stereocenters. The number of carbonyl (C=O) groups excluding carboxylic acids is 2. The first-order valence-electron chi connectivity index (χ1n) is 10.3. The fourth-order valence-corrected chi connectivity index (χ4v) is 6.55. The number of hydrogen-bond acceptors (Lipinski definition) is 7. The Balaban J connectivity index is 1.35. The predicted octanol–water partition coefficient (Wildman–Crippen LogP) is 4.53. The summed E-state index contributed by atoms with van der Waals surface area (Å²) in [5.41, 5.74) is -1.76. The van der Waals surface area contributed by atoms with E-state index in [0.29, 0.717) is 22.7 Å². The molecule has 164 valence electrons. The molecule has 0 amide bonds. The number of thiophene rings is 3. The van der Waals surface area contributed by atoms with Gasteiger partial charge >= 0.3 is 5.97 Å². The van der Waals surface area contributed by atoms with Crippen molar-refractivity contribution in [2.75, 3.05) is 26.7 Å². The van der Waals surface area contributed by atoms with Crippen LogP contribution in [-0.4, -0.2) is 54.1 Å². The van der Waals surface area contributed by atoms with Gasteiger partial charge in [0.2, 0.25) is 5.60 Å². The third kappa shape index (κ3) is 4.83. The number of rotatable bonds is 9. The van der Waals surface area contributed by atoms with E-state index in [-0.39, 0.29) is 11.9 Å². The summed E-state index contributed by atoms with van der Waals surface area (Å²) in [6.45, 7) is 2.46.